The SMILES string of the molecule is NC1C2CCCOC2C1NC(=O)c1cc(Cl)ccc1F. The van der Waals surface area contributed by atoms with E-state index in [-0.39, 0.29) is 23.8 Å². The van der Waals surface area contributed by atoms with Crippen molar-refractivity contribution in [1.29, 1.82) is 0 Å². The monoisotopic (exact) mass is 298 g/mol. The second kappa shape index (κ2) is 5.31. The Morgan fingerprint density at radius 3 is 3.10 bits per heavy atom. The fourth-order valence-corrected chi connectivity index (χ4v) is 3.20. The molecule has 1 saturated heterocycles. The maximum atomic E-state index is 13.6. The third-order valence-electron chi connectivity index (χ3n) is 4.15. The van der Waals surface area contributed by atoms with Crippen LogP contribution in [0.3, 0.4) is 0 Å². The van der Waals surface area contributed by atoms with Gasteiger partial charge < -0.3 is 15.8 Å². The molecule has 4 unspecified atom stereocenters. The van der Waals surface area contributed by atoms with Crippen LogP contribution in [0, 0.1) is 11.7 Å². The van der Waals surface area contributed by atoms with Gasteiger partial charge in [-0.2, -0.15) is 0 Å². The number of halogens is 2. The molecule has 0 radical (unpaired) electrons. The standard InChI is InChI=1S/C14H16ClFN2O2/c15-7-3-4-10(16)9(6-7)14(19)18-12-11(17)8-2-1-5-20-13(8)12/h3-4,6,8,11-13H,1-2,5,17H2,(H,18,19). The minimum Gasteiger partial charge on any atom is -0.376 e. The van der Waals surface area contributed by atoms with E-state index in [1.165, 1.54) is 18.2 Å². The Bertz CT molecular complexity index is 540. The third-order valence-corrected chi connectivity index (χ3v) is 4.38. The van der Waals surface area contributed by atoms with E-state index < -0.39 is 11.7 Å². The van der Waals surface area contributed by atoms with Gasteiger partial charge in [-0.3, -0.25) is 4.79 Å². The molecule has 0 bridgehead atoms. The molecule has 0 spiro atoms. The molecule has 1 aromatic rings. The summed E-state index contributed by atoms with van der Waals surface area (Å²) in [5.41, 5.74) is 5.99. The molecule has 3 N–H and O–H groups in total. The first-order valence-electron chi connectivity index (χ1n) is 6.71. The highest BCUT2D eigenvalue weighted by atomic mass is 35.5. The molecule has 108 valence electrons. The molecule has 1 aliphatic heterocycles. The Morgan fingerprint density at radius 1 is 1.50 bits per heavy atom. The van der Waals surface area contributed by atoms with Crippen LogP contribution in [0.25, 0.3) is 0 Å². The first kappa shape index (κ1) is 13.8. The summed E-state index contributed by atoms with van der Waals surface area (Å²) < 4.78 is 19.3. The summed E-state index contributed by atoms with van der Waals surface area (Å²) in [6.45, 7) is 0.686. The average Bonchev–Trinajstić information content (AvgIpc) is 2.46. The summed E-state index contributed by atoms with van der Waals surface area (Å²) in [5, 5.41) is 3.08. The van der Waals surface area contributed by atoms with Crippen LogP contribution in [0.1, 0.15) is 23.2 Å². The number of carbonyl (C=O) groups excluding carboxylic acids is 1. The number of nitrogens with one attached hydrogen (secondary N) is 1. The summed E-state index contributed by atoms with van der Waals surface area (Å²) in [7, 11) is 0. The van der Waals surface area contributed by atoms with Gasteiger partial charge in [0.15, 0.2) is 0 Å². The lowest BCUT2D eigenvalue weighted by atomic mass is 9.68. The van der Waals surface area contributed by atoms with Gasteiger partial charge >= 0.3 is 0 Å². The Kier molecular flexibility index (Phi) is 3.67. The number of ether oxygens (including phenoxy) is 1. The van der Waals surface area contributed by atoms with Crippen LogP contribution in [0.15, 0.2) is 18.2 Å². The Labute approximate surface area is 121 Å². The lowest BCUT2D eigenvalue weighted by Crippen LogP contribution is -2.72. The van der Waals surface area contributed by atoms with Gasteiger partial charge in [-0.1, -0.05) is 11.6 Å². The van der Waals surface area contributed by atoms with Crippen molar-refractivity contribution in [2.45, 2.75) is 31.0 Å². The molecule has 1 aromatic carbocycles. The van der Waals surface area contributed by atoms with Gasteiger partial charge in [0.1, 0.15) is 5.82 Å². The zero-order valence-electron chi connectivity index (χ0n) is 10.8. The van der Waals surface area contributed by atoms with Crippen LogP contribution in [0.2, 0.25) is 5.02 Å². The number of hydrogen-bond donors (Lipinski definition) is 2. The summed E-state index contributed by atoms with van der Waals surface area (Å²) in [6.07, 6.45) is 1.97. The van der Waals surface area contributed by atoms with E-state index in [4.69, 9.17) is 22.1 Å². The number of rotatable bonds is 2. The number of amides is 1. The van der Waals surface area contributed by atoms with Crippen LogP contribution in [-0.2, 0) is 4.74 Å². The van der Waals surface area contributed by atoms with Gasteiger partial charge in [0.05, 0.1) is 17.7 Å². The van der Waals surface area contributed by atoms with E-state index >= 15 is 0 Å². The predicted octanol–water partition coefficient (Wildman–Crippen LogP) is 1.71. The smallest absolute Gasteiger partial charge is 0.254 e. The Morgan fingerprint density at radius 2 is 2.30 bits per heavy atom. The fraction of sp³-hybridized carbons (Fsp3) is 0.500. The highest BCUT2D eigenvalue weighted by Crippen LogP contribution is 2.37. The fourth-order valence-electron chi connectivity index (χ4n) is 3.03. The van der Waals surface area contributed by atoms with E-state index in [2.05, 4.69) is 5.32 Å². The molecular weight excluding hydrogens is 283 g/mol. The lowest BCUT2D eigenvalue weighted by molar-refractivity contribution is -0.117. The molecule has 1 heterocycles. The topological polar surface area (TPSA) is 64.3 Å². The second-order valence-electron chi connectivity index (χ2n) is 5.34. The molecule has 0 aromatic heterocycles. The molecular formula is C14H16ClFN2O2. The van der Waals surface area contributed by atoms with Crippen molar-refractivity contribution in [1.82, 2.24) is 5.32 Å². The summed E-state index contributed by atoms with van der Waals surface area (Å²) in [6, 6.07) is 3.51. The van der Waals surface area contributed by atoms with Crippen LogP contribution >= 0.6 is 11.6 Å². The normalized spacial score (nSPS) is 32.1. The average molecular weight is 299 g/mol. The van der Waals surface area contributed by atoms with Crippen molar-refractivity contribution < 1.29 is 13.9 Å². The molecule has 2 aliphatic rings. The highest BCUT2D eigenvalue weighted by Gasteiger charge is 2.51. The van der Waals surface area contributed by atoms with Crippen LogP contribution in [0.5, 0.6) is 0 Å². The molecule has 3 rings (SSSR count). The van der Waals surface area contributed by atoms with Crippen LogP contribution < -0.4 is 11.1 Å². The maximum Gasteiger partial charge on any atom is 0.254 e. The molecule has 2 fully saturated rings. The van der Waals surface area contributed by atoms with Crippen molar-refractivity contribution in [2.75, 3.05) is 6.61 Å². The highest BCUT2D eigenvalue weighted by molar-refractivity contribution is 6.31. The Balaban J connectivity index is 1.71. The summed E-state index contributed by atoms with van der Waals surface area (Å²) >= 11 is 5.79. The molecule has 4 nitrogen and oxygen atoms in total. The summed E-state index contributed by atoms with van der Waals surface area (Å²) in [4.78, 5) is 12.1. The number of nitrogens with two attached hydrogens (primary N) is 1. The van der Waals surface area contributed by atoms with Crippen molar-refractivity contribution >= 4 is 17.5 Å². The first-order valence-corrected chi connectivity index (χ1v) is 7.09. The van der Waals surface area contributed by atoms with E-state index in [9.17, 15) is 9.18 Å². The quantitative estimate of drug-likeness (QED) is 0.874. The third kappa shape index (κ3) is 2.30. The molecule has 20 heavy (non-hydrogen) atoms. The van der Waals surface area contributed by atoms with Gasteiger partial charge in [0.25, 0.3) is 5.91 Å². The maximum absolute atomic E-state index is 13.6. The van der Waals surface area contributed by atoms with E-state index in [1.54, 1.807) is 0 Å². The van der Waals surface area contributed by atoms with Crippen LogP contribution in [-0.4, -0.2) is 30.7 Å². The van der Waals surface area contributed by atoms with Crippen molar-refractivity contribution in [3.8, 4) is 0 Å². The lowest BCUT2D eigenvalue weighted by Gasteiger charge is -2.52. The zero-order valence-corrected chi connectivity index (χ0v) is 11.6. The van der Waals surface area contributed by atoms with Crippen molar-refractivity contribution in [3.05, 3.63) is 34.6 Å². The van der Waals surface area contributed by atoms with Crippen LogP contribution in [0.4, 0.5) is 4.39 Å². The van der Waals surface area contributed by atoms with E-state index in [0.717, 1.165) is 12.8 Å². The molecule has 4 atom stereocenters. The minimum atomic E-state index is -0.596. The van der Waals surface area contributed by atoms with Crippen molar-refractivity contribution in [3.63, 3.8) is 0 Å². The molecule has 1 saturated carbocycles. The number of hydrogen-bond acceptors (Lipinski definition) is 3. The Hall–Kier alpha value is -1.17. The van der Waals surface area contributed by atoms with Crippen molar-refractivity contribution in [2.24, 2.45) is 11.7 Å². The number of carbonyl (C=O) groups is 1. The van der Waals surface area contributed by atoms with Gasteiger partial charge in [-0.05, 0) is 31.0 Å². The predicted molar refractivity (Wildman–Crippen MR) is 73.1 cm³/mol. The number of fused-ring (bicyclic) bond motifs is 1. The van der Waals surface area contributed by atoms with E-state index in [1.807, 2.05) is 0 Å². The minimum absolute atomic E-state index is 0.0510. The van der Waals surface area contributed by atoms with E-state index in [0.29, 0.717) is 17.5 Å². The first-order chi connectivity index (χ1) is 9.58. The number of benzene rings is 1. The second-order valence-corrected chi connectivity index (χ2v) is 5.78. The van der Waals surface area contributed by atoms with Gasteiger partial charge in [-0.25, -0.2) is 4.39 Å². The molecule has 1 aliphatic carbocycles. The van der Waals surface area contributed by atoms with Gasteiger partial charge in [0, 0.05) is 23.6 Å². The zero-order chi connectivity index (χ0) is 14.3. The molecule has 1 amide bonds. The van der Waals surface area contributed by atoms with Gasteiger partial charge in [0.2, 0.25) is 0 Å². The van der Waals surface area contributed by atoms with Gasteiger partial charge in [-0.15, -0.1) is 0 Å². The molecule has 6 heteroatoms. The largest absolute Gasteiger partial charge is 0.376 e. The summed E-state index contributed by atoms with van der Waals surface area (Å²) in [5.74, 6) is -0.808.